The van der Waals surface area contributed by atoms with E-state index >= 15 is 4.39 Å². The van der Waals surface area contributed by atoms with Crippen LogP contribution in [-0.2, 0) is 4.57 Å². The number of fused-ring (bicyclic) bond motifs is 1. The molecule has 1 aliphatic heterocycles. The second-order valence-corrected chi connectivity index (χ2v) is 14.2. The molecule has 0 bridgehead atoms. The van der Waals surface area contributed by atoms with E-state index in [-0.39, 0.29) is 47.4 Å². The predicted octanol–water partition coefficient (Wildman–Crippen LogP) is 2.74. The van der Waals surface area contributed by atoms with E-state index in [0.717, 1.165) is 24.6 Å². The number of anilines is 1. The van der Waals surface area contributed by atoms with E-state index < -0.39 is 37.7 Å². The average molecular weight is 592 g/mol. The molecule has 1 aromatic heterocycles. The first-order chi connectivity index (χ1) is 17.9. The highest BCUT2D eigenvalue weighted by molar-refractivity contribution is 8.14. The Morgan fingerprint density at radius 1 is 1.37 bits per heavy atom. The van der Waals surface area contributed by atoms with E-state index in [1.54, 1.807) is 0 Å². The Balaban J connectivity index is 1.65. The van der Waals surface area contributed by atoms with E-state index in [1.165, 1.54) is 19.4 Å². The van der Waals surface area contributed by atoms with Gasteiger partial charge in [-0.15, -0.1) is 0 Å². The zero-order chi connectivity index (χ0) is 27.8. The molecule has 5 N–H and O–H groups in total. The largest absolute Gasteiger partial charge is 0.492 e. The van der Waals surface area contributed by atoms with Crippen molar-refractivity contribution in [2.24, 2.45) is 0 Å². The molecule has 0 amide bonds. The van der Waals surface area contributed by atoms with Crippen LogP contribution in [0.4, 0.5) is 10.1 Å². The van der Waals surface area contributed by atoms with Crippen molar-refractivity contribution >= 4 is 49.4 Å². The van der Waals surface area contributed by atoms with E-state index in [2.05, 4.69) is 5.32 Å². The third-order valence-electron chi connectivity index (χ3n) is 6.74. The van der Waals surface area contributed by atoms with Crippen LogP contribution in [-0.4, -0.2) is 73.2 Å². The predicted molar refractivity (Wildman–Crippen MR) is 146 cm³/mol. The van der Waals surface area contributed by atoms with Gasteiger partial charge in [0.2, 0.25) is 10.5 Å². The van der Waals surface area contributed by atoms with Crippen molar-refractivity contribution < 1.29 is 38.1 Å². The number of carbonyl (C=O) groups is 1. The summed E-state index contributed by atoms with van der Waals surface area (Å²) >= 11 is 0.796. The number of hydrogen-bond acceptors (Lipinski definition) is 9. The lowest BCUT2D eigenvalue weighted by Gasteiger charge is -2.35. The van der Waals surface area contributed by atoms with Crippen LogP contribution in [0, 0.1) is 5.82 Å². The van der Waals surface area contributed by atoms with Gasteiger partial charge >= 0.3 is 7.60 Å². The number of hydrogen-bond donors (Lipinski definition) is 5. The van der Waals surface area contributed by atoms with Crippen LogP contribution < -0.4 is 20.4 Å². The Morgan fingerprint density at radius 3 is 2.66 bits per heavy atom. The number of carbonyl (C=O) groups excluding carboxylic acids is 1. The van der Waals surface area contributed by atoms with Gasteiger partial charge in [-0.3, -0.25) is 14.2 Å². The second kappa shape index (κ2) is 11.9. The molecule has 2 heterocycles. The first-order valence-corrected chi connectivity index (χ1v) is 16.2. The van der Waals surface area contributed by atoms with E-state index in [0.29, 0.717) is 30.8 Å². The number of methoxy groups -OCH3 is 1. The molecule has 0 radical (unpaired) electrons. The zero-order valence-electron chi connectivity index (χ0n) is 21.0. The number of aromatic nitrogens is 1. The number of pyridine rings is 1. The molecule has 210 valence electrons. The highest BCUT2D eigenvalue weighted by atomic mass is 32.2. The van der Waals surface area contributed by atoms with Gasteiger partial charge in [0, 0.05) is 43.7 Å². The number of nitrogens with zero attached hydrogens (tertiary/aromatic N) is 2. The van der Waals surface area contributed by atoms with Gasteiger partial charge in [-0.05, 0) is 38.7 Å². The van der Waals surface area contributed by atoms with Crippen molar-refractivity contribution in [3.05, 3.63) is 33.9 Å². The smallest absolute Gasteiger partial charge is 0.337 e. The number of halogens is 1. The molecule has 0 spiro atoms. The van der Waals surface area contributed by atoms with Crippen molar-refractivity contribution in [3.63, 3.8) is 0 Å². The van der Waals surface area contributed by atoms with Crippen LogP contribution in [0.15, 0.2) is 17.1 Å². The highest BCUT2D eigenvalue weighted by Gasteiger charge is 2.35. The standard InChI is InChI=1S/C23H32FN3O8P2S/c1-13-11-26(8-7-25-13)20-17(24)10-15-19(22(20)35-2)27(14-5-6-14)12-16(21(15)28)23(29)38-9-3-4-18(36(30)31)37(32,33)34/h10,12-14,18,25,30-31H,3-9,11H2,1-2H3,(H2,32,33,34). The quantitative estimate of drug-likeness (QED) is 0.204. The lowest BCUT2D eigenvalue weighted by Crippen LogP contribution is -2.49. The fraction of sp³-hybridized carbons (Fsp3) is 0.565. The molecule has 1 saturated carbocycles. The first kappa shape index (κ1) is 29.4. The molecule has 1 saturated heterocycles. The summed E-state index contributed by atoms with van der Waals surface area (Å²) < 4.78 is 34.5. The summed E-state index contributed by atoms with van der Waals surface area (Å²) in [4.78, 5) is 65.5. The maximum atomic E-state index is 15.5. The van der Waals surface area contributed by atoms with Crippen molar-refractivity contribution in [2.45, 2.75) is 50.1 Å². The molecule has 2 fully saturated rings. The van der Waals surface area contributed by atoms with Gasteiger partial charge in [0.15, 0.2) is 19.9 Å². The maximum absolute atomic E-state index is 15.5. The molecule has 2 aliphatic rings. The molecule has 11 nitrogen and oxygen atoms in total. The summed E-state index contributed by atoms with van der Waals surface area (Å²) in [7, 11) is -6.10. The molecule has 2 aromatic rings. The minimum Gasteiger partial charge on any atom is -0.492 e. The minimum atomic E-state index is -4.70. The van der Waals surface area contributed by atoms with Crippen LogP contribution in [0.1, 0.15) is 49.0 Å². The number of rotatable bonds is 10. The molecule has 2 unspecified atom stereocenters. The lowest BCUT2D eigenvalue weighted by atomic mass is 10.1. The summed E-state index contributed by atoms with van der Waals surface area (Å²) in [6.45, 7) is 3.82. The molecule has 2 atom stereocenters. The molecular weight excluding hydrogens is 559 g/mol. The monoisotopic (exact) mass is 591 g/mol. The van der Waals surface area contributed by atoms with Gasteiger partial charge in [-0.2, -0.15) is 0 Å². The Morgan fingerprint density at radius 2 is 2.08 bits per heavy atom. The van der Waals surface area contributed by atoms with Crippen LogP contribution >= 0.6 is 27.7 Å². The van der Waals surface area contributed by atoms with Crippen molar-refractivity contribution in [3.8, 4) is 5.75 Å². The summed E-state index contributed by atoms with van der Waals surface area (Å²) in [6.07, 6.45) is 3.11. The van der Waals surface area contributed by atoms with Crippen LogP contribution in [0.5, 0.6) is 5.75 Å². The molecule has 38 heavy (non-hydrogen) atoms. The average Bonchev–Trinajstić information content (AvgIpc) is 3.68. The summed E-state index contributed by atoms with van der Waals surface area (Å²) in [5, 5.41) is 1.23. The van der Waals surface area contributed by atoms with Gasteiger partial charge < -0.3 is 39.1 Å². The van der Waals surface area contributed by atoms with Gasteiger partial charge in [-0.25, -0.2) is 4.39 Å². The lowest BCUT2D eigenvalue weighted by molar-refractivity contribution is 0.108. The fourth-order valence-corrected chi connectivity index (χ4v) is 7.59. The van der Waals surface area contributed by atoms with E-state index in [4.69, 9.17) is 4.74 Å². The molecule has 4 rings (SSSR count). The Kier molecular flexibility index (Phi) is 9.21. The summed E-state index contributed by atoms with van der Waals surface area (Å²) in [5.74, 6) is -0.233. The Bertz CT molecular complexity index is 1320. The fourth-order valence-electron chi connectivity index (χ4n) is 4.78. The summed E-state index contributed by atoms with van der Waals surface area (Å²) in [5.41, 5.74) is 0.0162. The number of thioether (sulfide) groups is 1. The molecule has 1 aliphatic carbocycles. The normalized spacial score (nSPS) is 19.3. The van der Waals surface area contributed by atoms with Gasteiger partial charge in [-0.1, -0.05) is 11.8 Å². The van der Waals surface area contributed by atoms with Gasteiger partial charge in [0.25, 0.3) is 0 Å². The van der Waals surface area contributed by atoms with Gasteiger partial charge in [0.05, 0.1) is 23.6 Å². The Labute approximate surface area is 224 Å². The SMILES string of the molecule is COc1c(N2CCNC(C)C2)c(F)cc2c(=O)c(C(=O)SCCCC(P(O)O)P(=O)(O)O)cn(C3CC3)c12. The number of ether oxygens (including phenoxy) is 1. The zero-order valence-corrected chi connectivity index (χ0v) is 23.6. The summed E-state index contributed by atoms with van der Waals surface area (Å²) in [6, 6.07) is 1.36. The third kappa shape index (κ3) is 6.26. The number of nitrogens with one attached hydrogen (secondary N) is 1. The molecular formula is C23H32FN3O8P2S. The van der Waals surface area contributed by atoms with Crippen molar-refractivity contribution in [2.75, 3.05) is 37.4 Å². The molecule has 1 aromatic carbocycles. The number of piperazine rings is 1. The van der Waals surface area contributed by atoms with E-state index in [9.17, 15) is 33.7 Å². The molecule has 15 heteroatoms. The van der Waals surface area contributed by atoms with E-state index in [1.807, 2.05) is 16.4 Å². The van der Waals surface area contributed by atoms with Crippen molar-refractivity contribution in [1.29, 1.82) is 0 Å². The highest BCUT2D eigenvalue weighted by Crippen LogP contribution is 2.57. The van der Waals surface area contributed by atoms with Crippen LogP contribution in [0.2, 0.25) is 0 Å². The topological polar surface area (TPSA) is 162 Å². The van der Waals surface area contributed by atoms with Gasteiger partial charge in [0.1, 0.15) is 11.1 Å². The van der Waals surface area contributed by atoms with Crippen LogP contribution in [0.25, 0.3) is 10.9 Å². The minimum absolute atomic E-state index is 0.0428. The maximum Gasteiger partial charge on any atom is 0.337 e. The second-order valence-electron chi connectivity index (χ2n) is 9.62. The first-order valence-electron chi connectivity index (χ1n) is 12.3. The van der Waals surface area contributed by atoms with Crippen molar-refractivity contribution in [1.82, 2.24) is 9.88 Å². The van der Waals surface area contributed by atoms with Crippen LogP contribution in [0.3, 0.4) is 0 Å². The number of benzene rings is 1. The Hall–Kier alpha value is -1.56. The third-order valence-corrected chi connectivity index (χ3v) is 11.1.